The number of aliphatic hydroxyl groups is 1. The summed E-state index contributed by atoms with van der Waals surface area (Å²) in [5.74, 6) is -1.06. The van der Waals surface area contributed by atoms with Gasteiger partial charge in [-0.2, -0.15) is 0 Å². The lowest BCUT2D eigenvalue weighted by Gasteiger charge is -2.14. The minimum atomic E-state index is -0.563. The number of phenols is 2. The number of hydrogen-bond donors (Lipinski definition) is 3. The number of benzene rings is 1. The molecule has 37 heavy (non-hydrogen) atoms. The van der Waals surface area contributed by atoms with Crippen molar-refractivity contribution in [1.82, 2.24) is 0 Å². The highest BCUT2D eigenvalue weighted by molar-refractivity contribution is 6.20. The molecular weight excluding hydrogens is 472 g/mol. The monoisotopic (exact) mass is 514 g/mol. The fourth-order valence-electron chi connectivity index (χ4n) is 5.00. The Morgan fingerprint density at radius 1 is 0.784 bits per heavy atom. The average molecular weight is 515 g/mol. The van der Waals surface area contributed by atoms with Gasteiger partial charge in [-0.3, -0.25) is 9.59 Å². The van der Waals surface area contributed by atoms with Crippen molar-refractivity contribution in [2.24, 2.45) is 0 Å². The standard InChI is InChI=1S/C30H42O7/c1-20-23(31)17-21(18-24(20)32)13-9-5-3-7-11-15-26-27(37-26)16-12-8-4-6-10-14-22-29(34)25(33)19-28(36-2)30(22)35/h17-19,26-27,31-32,34H,3-16H2,1-2H3. The van der Waals surface area contributed by atoms with Gasteiger partial charge < -0.3 is 24.8 Å². The maximum Gasteiger partial charge on any atom is 0.227 e. The second kappa shape index (κ2) is 14.2. The summed E-state index contributed by atoms with van der Waals surface area (Å²) >= 11 is 0. The number of unbranched alkanes of at least 4 members (excludes halogenated alkanes) is 8. The van der Waals surface area contributed by atoms with Crippen LogP contribution in [0.5, 0.6) is 11.5 Å². The fourth-order valence-corrected chi connectivity index (χ4v) is 5.00. The molecule has 0 bridgehead atoms. The summed E-state index contributed by atoms with van der Waals surface area (Å²) in [5.41, 5.74) is 1.69. The van der Waals surface area contributed by atoms with Crippen molar-refractivity contribution in [3.05, 3.63) is 46.4 Å². The zero-order valence-corrected chi connectivity index (χ0v) is 22.3. The number of aliphatic hydroxyl groups excluding tert-OH is 1. The molecule has 2 aliphatic rings. The van der Waals surface area contributed by atoms with Gasteiger partial charge in [0.2, 0.25) is 11.6 Å². The highest BCUT2D eigenvalue weighted by Gasteiger charge is 2.36. The number of epoxide rings is 1. The quantitative estimate of drug-likeness (QED) is 0.127. The third kappa shape index (κ3) is 8.63. The summed E-state index contributed by atoms with van der Waals surface area (Å²) in [7, 11) is 1.35. The number of ketones is 2. The average Bonchev–Trinajstić information content (AvgIpc) is 3.63. The Morgan fingerprint density at radius 3 is 1.86 bits per heavy atom. The van der Waals surface area contributed by atoms with E-state index in [9.17, 15) is 24.9 Å². The topological polar surface area (TPSA) is 117 Å². The van der Waals surface area contributed by atoms with Crippen LogP contribution in [0.25, 0.3) is 0 Å². The molecule has 1 aromatic carbocycles. The number of carbonyl (C=O) groups excluding carboxylic acids is 2. The van der Waals surface area contributed by atoms with Crippen molar-refractivity contribution >= 4 is 11.6 Å². The van der Waals surface area contributed by atoms with Gasteiger partial charge in [0.25, 0.3) is 0 Å². The fraction of sp³-hybridized carbons (Fsp3) is 0.600. The molecule has 0 spiro atoms. The Labute approximate surface area is 220 Å². The number of rotatable bonds is 17. The molecule has 1 heterocycles. The number of ether oxygens (including phenoxy) is 2. The molecule has 2 atom stereocenters. The normalized spacial score (nSPS) is 19.4. The predicted molar refractivity (Wildman–Crippen MR) is 142 cm³/mol. The van der Waals surface area contributed by atoms with Crippen LogP contribution >= 0.6 is 0 Å². The summed E-state index contributed by atoms with van der Waals surface area (Å²) in [6.07, 6.45) is 16.2. The summed E-state index contributed by atoms with van der Waals surface area (Å²) in [6.45, 7) is 1.71. The molecule has 3 N–H and O–H groups in total. The molecule has 0 aromatic heterocycles. The first-order valence-electron chi connectivity index (χ1n) is 13.8. The molecule has 1 aliphatic heterocycles. The molecule has 204 valence electrons. The number of Topliss-reactive ketones (excluding diaryl/α,β-unsaturated/α-hetero) is 1. The van der Waals surface area contributed by atoms with Crippen LogP contribution in [0.3, 0.4) is 0 Å². The van der Waals surface area contributed by atoms with E-state index in [-0.39, 0.29) is 28.6 Å². The number of allylic oxidation sites excluding steroid dienone is 2. The first-order valence-corrected chi connectivity index (χ1v) is 13.8. The third-order valence-electron chi connectivity index (χ3n) is 7.47. The molecule has 1 aromatic rings. The summed E-state index contributed by atoms with van der Waals surface area (Å²) < 4.78 is 10.8. The van der Waals surface area contributed by atoms with E-state index in [1.54, 1.807) is 19.1 Å². The van der Waals surface area contributed by atoms with Crippen molar-refractivity contribution in [2.75, 3.05) is 7.11 Å². The number of methoxy groups -OCH3 is 1. The van der Waals surface area contributed by atoms with Crippen LogP contribution in [0.4, 0.5) is 0 Å². The first-order chi connectivity index (χ1) is 17.8. The van der Waals surface area contributed by atoms with Gasteiger partial charge in [-0.15, -0.1) is 0 Å². The number of aromatic hydroxyl groups is 2. The molecule has 1 fully saturated rings. The second-order valence-corrected chi connectivity index (χ2v) is 10.3. The molecule has 7 heteroatoms. The molecule has 3 rings (SSSR count). The summed E-state index contributed by atoms with van der Waals surface area (Å²) in [5, 5.41) is 29.5. The first kappa shape index (κ1) is 28.8. The Bertz CT molecular complexity index is 984. The van der Waals surface area contributed by atoms with E-state index in [0.29, 0.717) is 24.2 Å². The van der Waals surface area contributed by atoms with E-state index in [2.05, 4.69) is 0 Å². The van der Waals surface area contributed by atoms with E-state index in [4.69, 9.17) is 9.47 Å². The lowest BCUT2D eigenvalue weighted by Crippen LogP contribution is -2.20. The van der Waals surface area contributed by atoms with Crippen LogP contribution in [-0.2, 0) is 25.5 Å². The molecule has 0 radical (unpaired) electrons. The van der Waals surface area contributed by atoms with Crippen LogP contribution < -0.4 is 0 Å². The van der Waals surface area contributed by atoms with Gasteiger partial charge in [0.15, 0.2) is 11.5 Å². The molecule has 0 saturated carbocycles. The van der Waals surface area contributed by atoms with E-state index in [0.717, 1.165) is 75.8 Å². The van der Waals surface area contributed by atoms with Crippen molar-refractivity contribution < 1.29 is 34.4 Å². The van der Waals surface area contributed by atoms with Crippen LogP contribution in [0, 0.1) is 6.92 Å². The number of hydrogen-bond acceptors (Lipinski definition) is 7. The maximum atomic E-state index is 12.2. The minimum Gasteiger partial charge on any atom is -0.508 e. The summed E-state index contributed by atoms with van der Waals surface area (Å²) in [4.78, 5) is 24.0. The molecule has 1 saturated heterocycles. The largest absolute Gasteiger partial charge is 0.508 e. The third-order valence-corrected chi connectivity index (χ3v) is 7.47. The van der Waals surface area contributed by atoms with E-state index >= 15 is 0 Å². The van der Waals surface area contributed by atoms with Crippen LogP contribution in [0.15, 0.2) is 35.3 Å². The van der Waals surface area contributed by atoms with E-state index < -0.39 is 11.5 Å². The van der Waals surface area contributed by atoms with Crippen molar-refractivity contribution in [3.63, 3.8) is 0 Å². The van der Waals surface area contributed by atoms with Crippen molar-refractivity contribution in [2.45, 2.75) is 109 Å². The highest BCUT2D eigenvalue weighted by Crippen LogP contribution is 2.32. The van der Waals surface area contributed by atoms with E-state index in [1.807, 2.05) is 0 Å². The van der Waals surface area contributed by atoms with Gasteiger partial charge in [-0.05, 0) is 63.1 Å². The van der Waals surface area contributed by atoms with Gasteiger partial charge in [0.05, 0.1) is 19.3 Å². The molecule has 1 aliphatic carbocycles. The second-order valence-electron chi connectivity index (χ2n) is 10.3. The van der Waals surface area contributed by atoms with Gasteiger partial charge >= 0.3 is 0 Å². The van der Waals surface area contributed by atoms with Crippen molar-refractivity contribution in [1.29, 1.82) is 0 Å². The zero-order chi connectivity index (χ0) is 26.8. The van der Waals surface area contributed by atoms with Crippen molar-refractivity contribution in [3.8, 4) is 11.5 Å². The van der Waals surface area contributed by atoms with Gasteiger partial charge in [0.1, 0.15) is 11.5 Å². The number of aryl methyl sites for hydroxylation is 1. The Morgan fingerprint density at radius 2 is 1.30 bits per heavy atom. The van der Waals surface area contributed by atoms with Gasteiger partial charge in [0, 0.05) is 17.2 Å². The Hall–Kier alpha value is -2.80. The smallest absolute Gasteiger partial charge is 0.227 e. The molecule has 2 unspecified atom stereocenters. The van der Waals surface area contributed by atoms with Gasteiger partial charge in [-0.1, -0.05) is 51.4 Å². The van der Waals surface area contributed by atoms with Gasteiger partial charge in [-0.25, -0.2) is 0 Å². The molecule has 7 nitrogen and oxygen atoms in total. The SMILES string of the molecule is COC1=CC(=O)C(O)=C(CCCCCCCC2OC2CCCCCCCc2cc(O)c(C)c(O)c2)C1=O. The lowest BCUT2D eigenvalue weighted by molar-refractivity contribution is -0.119. The minimum absolute atomic E-state index is 0.00121. The molecule has 0 amide bonds. The van der Waals surface area contributed by atoms with Crippen LogP contribution in [0.1, 0.15) is 94.6 Å². The molecular formula is C30H42O7. The zero-order valence-electron chi connectivity index (χ0n) is 22.3. The lowest BCUT2D eigenvalue weighted by atomic mass is 9.94. The highest BCUT2D eigenvalue weighted by atomic mass is 16.6. The predicted octanol–water partition coefficient (Wildman–Crippen LogP) is 6.28. The Kier molecular flexibility index (Phi) is 11.1. The van der Waals surface area contributed by atoms with Crippen LogP contribution in [0.2, 0.25) is 0 Å². The van der Waals surface area contributed by atoms with Crippen LogP contribution in [-0.4, -0.2) is 46.2 Å². The summed E-state index contributed by atoms with van der Waals surface area (Å²) in [6, 6.07) is 3.50. The number of phenolic OH excluding ortho intramolecular Hbond substituents is 2. The maximum absolute atomic E-state index is 12.2. The Balaban J connectivity index is 1.14. The number of carbonyl (C=O) groups is 2. The van der Waals surface area contributed by atoms with E-state index in [1.165, 1.54) is 26.4 Å².